The number of carbonyl (C=O) groups excluding carboxylic acids is 4. The number of rotatable bonds is 18. The van der Waals surface area contributed by atoms with Gasteiger partial charge in [0.25, 0.3) is 0 Å². The molecule has 1 aromatic carbocycles. The van der Waals surface area contributed by atoms with Crippen LogP contribution in [-0.2, 0) is 33.4 Å². The summed E-state index contributed by atoms with van der Waals surface area (Å²) in [6, 6.07) is 7.26. The van der Waals surface area contributed by atoms with Crippen LogP contribution in [0.3, 0.4) is 0 Å². The number of carbonyl (C=O) groups is 4. The molecule has 1 aromatic rings. The average molecular weight is 640 g/mol. The monoisotopic (exact) mass is 639 g/mol. The first-order chi connectivity index (χ1) is 22.2. The van der Waals surface area contributed by atoms with Gasteiger partial charge in [0.05, 0.1) is 37.2 Å². The zero-order valence-electron chi connectivity index (χ0n) is 27.3. The second-order valence-corrected chi connectivity index (χ2v) is 12.5. The normalized spacial score (nSPS) is 26.6. The molecule has 1 unspecified atom stereocenters. The van der Waals surface area contributed by atoms with Gasteiger partial charge in [-0.1, -0.05) is 55.8 Å². The van der Waals surface area contributed by atoms with Crippen molar-refractivity contribution in [3.8, 4) is 0 Å². The molecule has 2 bridgehead atoms. The number of β-amino-alcohol motifs (C(OH)–C–C–N with tert-alkyl or cyclic N) is 1. The van der Waals surface area contributed by atoms with Gasteiger partial charge in [0.1, 0.15) is 17.7 Å². The maximum atomic E-state index is 14.3. The minimum atomic E-state index is -1.23. The second-order valence-electron chi connectivity index (χ2n) is 12.5. The van der Waals surface area contributed by atoms with Gasteiger partial charge in [-0.15, -0.1) is 13.2 Å². The van der Waals surface area contributed by atoms with Crippen molar-refractivity contribution in [1.29, 1.82) is 0 Å². The van der Waals surface area contributed by atoms with Crippen LogP contribution in [0.5, 0.6) is 0 Å². The smallest absolute Gasteiger partial charge is 0.313 e. The molecule has 0 aromatic heterocycles. The summed E-state index contributed by atoms with van der Waals surface area (Å²) in [4.78, 5) is 58.6. The molecular formula is C35H49N3O8. The van der Waals surface area contributed by atoms with E-state index in [-0.39, 0.29) is 44.0 Å². The molecule has 4 rings (SSSR count). The number of methoxy groups -OCH3 is 1. The largest absolute Gasteiger partial charge is 0.455 e. The molecule has 3 heterocycles. The Balaban J connectivity index is 1.67. The highest BCUT2D eigenvalue weighted by molar-refractivity contribution is 5.98. The van der Waals surface area contributed by atoms with Gasteiger partial charge < -0.3 is 34.4 Å². The molecule has 11 nitrogen and oxygen atoms in total. The molecule has 252 valence electrons. The summed E-state index contributed by atoms with van der Waals surface area (Å²) >= 11 is 0. The van der Waals surface area contributed by atoms with Crippen LogP contribution in [0.25, 0.3) is 0 Å². The highest BCUT2D eigenvalue weighted by Crippen LogP contribution is 2.59. The predicted molar refractivity (Wildman–Crippen MR) is 171 cm³/mol. The van der Waals surface area contributed by atoms with Crippen molar-refractivity contribution < 1.29 is 38.5 Å². The van der Waals surface area contributed by atoms with Crippen LogP contribution in [0.1, 0.15) is 64.0 Å². The third-order valence-electron chi connectivity index (χ3n) is 9.50. The van der Waals surface area contributed by atoms with Crippen LogP contribution in [0.4, 0.5) is 0 Å². The topological polar surface area (TPSA) is 135 Å². The molecule has 3 saturated heterocycles. The van der Waals surface area contributed by atoms with Crippen LogP contribution in [-0.4, -0.2) is 102 Å². The van der Waals surface area contributed by atoms with Gasteiger partial charge >= 0.3 is 5.97 Å². The molecule has 0 saturated carbocycles. The highest BCUT2D eigenvalue weighted by Gasteiger charge is 2.75. The Kier molecular flexibility index (Phi) is 12.2. The van der Waals surface area contributed by atoms with Gasteiger partial charge in [0, 0.05) is 32.7 Å². The third kappa shape index (κ3) is 6.91. The zero-order valence-corrected chi connectivity index (χ0v) is 27.3. The van der Waals surface area contributed by atoms with Crippen LogP contribution < -0.4 is 5.32 Å². The van der Waals surface area contributed by atoms with E-state index in [4.69, 9.17) is 14.2 Å². The first-order valence-corrected chi connectivity index (χ1v) is 16.3. The van der Waals surface area contributed by atoms with Crippen molar-refractivity contribution in [1.82, 2.24) is 15.1 Å². The average Bonchev–Trinajstić information content (AvgIpc) is 3.69. The Morgan fingerprint density at radius 1 is 1.24 bits per heavy atom. The summed E-state index contributed by atoms with van der Waals surface area (Å²) in [6.07, 6.45) is 5.02. The van der Waals surface area contributed by atoms with E-state index >= 15 is 0 Å². The molecule has 3 aliphatic heterocycles. The molecule has 11 heteroatoms. The van der Waals surface area contributed by atoms with Crippen LogP contribution in [0.2, 0.25) is 0 Å². The number of ether oxygens (including phenoxy) is 3. The second kappa shape index (κ2) is 15.8. The summed E-state index contributed by atoms with van der Waals surface area (Å²) in [6.45, 7) is 11.5. The number of aliphatic hydroxyl groups excluding tert-OH is 1. The van der Waals surface area contributed by atoms with Crippen molar-refractivity contribution in [3.05, 3.63) is 61.2 Å². The van der Waals surface area contributed by atoms with E-state index in [1.807, 2.05) is 32.0 Å². The Morgan fingerprint density at radius 3 is 2.61 bits per heavy atom. The number of aliphatic hydroxyl groups is 1. The standard InChI is InChI=1S/C35H49N3O8/c1-6-9-16-27(40)36-25(22-44-5)30(24-14-11-10-12-15-24)45-34(43)28-26-17-18-35(46-26)29(28)32(41)38(20-21-39)31(35)33(42)37(19-8-3)23(4)13-7-2/h6,8,10-12,14-15,23,25-26,28-31,39H,1,3,7,9,13,16-22H2,2,4-5H3,(H,36,40)/t23?,25-,26+,28-,29-,30-,31+,35-/m0/s1. The number of nitrogens with one attached hydrogen (secondary N) is 1. The zero-order chi connectivity index (χ0) is 33.4. The quantitative estimate of drug-likeness (QED) is 0.185. The molecule has 1 spiro atoms. The van der Waals surface area contributed by atoms with Crippen LogP contribution >= 0.6 is 0 Å². The summed E-state index contributed by atoms with van der Waals surface area (Å²) in [5, 5.41) is 12.9. The van der Waals surface area contributed by atoms with Gasteiger partial charge in [-0.05, 0) is 38.2 Å². The number of fused-ring (bicyclic) bond motifs is 1. The molecule has 3 aliphatic rings. The lowest BCUT2D eigenvalue weighted by Gasteiger charge is -2.38. The van der Waals surface area contributed by atoms with Gasteiger partial charge in [0.15, 0.2) is 0 Å². The van der Waals surface area contributed by atoms with Gasteiger partial charge in [-0.25, -0.2) is 0 Å². The fourth-order valence-corrected chi connectivity index (χ4v) is 7.53. The summed E-state index contributed by atoms with van der Waals surface area (Å²) in [7, 11) is 1.50. The SMILES string of the molecule is C=CCCC(=O)N[C@@H](COC)[C@@H](OC(=O)[C@@H]1[C@H]2C(=O)N(CCO)[C@H](C(=O)N(CC=C)C(C)CCC)[C@]23CC[C@H]1O3)c1ccccc1. The van der Waals surface area contributed by atoms with Gasteiger partial charge in [-0.3, -0.25) is 19.2 Å². The number of hydrogen-bond acceptors (Lipinski definition) is 8. The van der Waals surface area contributed by atoms with E-state index in [9.17, 15) is 24.3 Å². The number of esters is 1. The number of benzene rings is 1. The van der Waals surface area contributed by atoms with E-state index in [0.29, 0.717) is 31.4 Å². The Bertz CT molecular complexity index is 1260. The summed E-state index contributed by atoms with van der Waals surface area (Å²) < 4.78 is 18.2. The summed E-state index contributed by atoms with van der Waals surface area (Å²) in [5.74, 6) is -3.48. The first kappa shape index (κ1) is 35.3. The molecule has 0 aliphatic carbocycles. The molecule has 3 fully saturated rings. The Hall–Kier alpha value is -3.54. The molecule has 8 atom stereocenters. The van der Waals surface area contributed by atoms with E-state index < -0.39 is 53.6 Å². The lowest BCUT2D eigenvalue weighted by Crippen LogP contribution is -2.58. The van der Waals surface area contributed by atoms with Crippen molar-refractivity contribution in [2.45, 2.75) is 88.3 Å². The van der Waals surface area contributed by atoms with Crippen molar-refractivity contribution >= 4 is 23.7 Å². The van der Waals surface area contributed by atoms with Gasteiger partial charge in [-0.2, -0.15) is 0 Å². The van der Waals surface area contributed by atoms with Crippen LogP contribution in [0.15, 0.2) is 55.6 Å². The minimum Gasteiger partial charge on any atom is -0.455 e. The number of nitrogens with zero attached hydrogens (tertiary/aromatic N) is 2. The highest BCUT2D eigenvalue weighted by atomic mass is 16.6. The van der Waals surface area contributed by atoms with E-state index in [1.165, 1.54) is 12.0 Å². The maximum absolute atomic E-state index is 14.3. The Labute approximate surface area is 271 Å². The predicted octanol–water partition coefficient (Wildman–Crippen LogP) is 2.94. The molecule has 3 amide bonds. The van der Waals surface area contributed by atoms with Crippen molar-refractivity contribution in [2.24, 2.45) is 11.8 Å². The Morgan fingerprint density at radius 2 is 1.98 bits per heavy atom. The first-order valence-electron chi connectivity index (χ1n) is 16.3. The van der Waals surface area contributed by atoms with E-state index in [2.05, 4.69) is 18.5 Å². The molecular weight excluding hydrogens is 590 g/mol. The lowest BCUT2D eigenvalue weighted by molar-refractivity contribution is -0.163. The van der Waals surface area contributed by atoms with Crippen molar-refractivity contribution in [2.75, 3.05) is 33.4 Å². The van der Waals surface area contributed by atoms with Gasteiger partial charge in [0.2, 0.25) is 17.7 Å². The number of amides is 3. The van der Waals surface area contributed by atoms with E-state index in [1.54, 1.807) is 29.2 Å². The van der Waals surface area contributed by atoms with E-state index in [0.717, 1.165) is 12.8 Å². The number of hydrogen-bond donors (Lipinski definition) is 2. The fraction of sp³-hybridized carbons (Fsp3) is 0.600. The third-order valence-corrected chi connectivity index (χ3v) is 9.50. The van der Waals surface area contributed by atoms with Crippen LogP contribution in [0, 0.1) is 11.8 Å². The molecule has 46 heavy (non-hydrogen) atoms. The fourth-order valence-electron chi connectivity index (χ4n) is 7.53. The number of likely N-dealkylation sites (tertiary alicyclic amines) is 1. The molecule has 2 N–H and O–H groups in total. The van der Waals surface area contributed by atoms with Crippen molar-refractivity contribution in [3.63, 3.8) is 0 Å². The number of allylic oxidation sites excluding steroid dienone is 1. The summed E-state index contributed by atoms with van der Waals surface area (Å²) in [5.41, 5.74) is -0.575. The maximum Gasteiger partial charge on any atom is 0.313 e. The lowest BCUT2D eigenvalue weighted by atomic mass is 9.70. The molecule has 0 radical (unpaired) electrons. The minimum absolute atomic E-state index is 0.0628.